The largest absolute Gasteiger partial charge is 0.465 e. The zero-order valence-electron chi connectivity index (χ0n) is 12.9. The fourth-order valence-electron chi connectivity index (χ4n) is 1.86. The first-order chi connectivity index (χ1) is 9.69. The predicted octanol–water partition coefficient (Wildman–Crippen LogP) is 2.74. The number of methoxy groups -OCH3 is 2. The number of hydrogen-bond acceptors (Lipinski definition) is 6. The molecule has 0 radical (unpaired) electrons. The van der Waals surface area contributed by atoms with Crippen LogP contribution in [0.5, 0.6) is 0 Å². The molecule has 1 aromatic carbocycles. The number of nitro groups is 1. The van der Waals surface area contributed by atoms with Gasteiger partial charge in [0.25, 0.3) is 5.69 Å². The third-order valence-electron chi connectivity index (χ3n) is 2.63. The number of ether oxygens (including phenoxy) is 2. The van der Waals surface area contributed by atoms with Gasteiger partial charge in [0.05, 0.1) is 24.2 Å². The fraction of sp³-hybridized carbons (Fsp3) is 0.500. The third-order valence-corrected chi connectivity index (χ3v) is 2.63. The molecule has 0 heterocycles. The van der Waals surface area contributed by atoms with E-state index in [1.165, 1.54) is 20.3 Å². The Bertz CT molecular complexity index is 549. The van der Waals surface area contributed by atoms with Crippen LogP contribution in [0.25, 0.3) is 0 Å². The average Bonchev–Trinajstić information content (AvgIpc) is 2.36. The second kappa shape index (κ2) is 6.53. The highest BCUT2D eigenvalue weighted by molar-refractivity contribution is 5.93. The number of carbonyl (C=O) groups excluding carboxylic acids is 1. The van der Waals surface area contributed by atoms with Gasteiger partial charge in [0, 0.05) is 18.7 Å². The summed E-state index contributed by atoms with van der Waals surface area (Å²) in [6, 6.07) is 2.77. The van der Waals surface area contributed by atoms with E-state index in [-0.39, 0.29) is 23.4 Å². The van der Waals surface area contributed by atoms with Crippen molar-refractivity contribution in [2.24, 2.45) is 0 Å². The highest BCUT2D eigenvalue weighted by atomic mass is 16.6. The van der Waals surface area contributed by atoms with Crippen molar-refractivity contribution < 1.29 is 19.2 Å². The SMILES string of the molecule is COCc1cc(NC(C)(C)C)c([N+](=O)[O-])cc1C(=O)OC. The number of nitro benzene ring substituents is 1. The molecule has 116 valence electrons. The molecule has 0 atom stereocenters. The molecule has 0 aromatic heterocycles. The van der Waals surface area contributed by atoms with Crippen LogP contribution in [0.3, 0.4) is 0 Å². The van der Waals surface area contributed by atoms with E-state index in [1.807, 2.05) is 20.8 Å². The molecule has 0 fully saturated rings. The van der Waals surface area contributed by atoms with Crippen LogP contribution >= 0.6 is 0 Å². The molecule has 0 saturated heterocycles. The van der Waals surface area contributed by atoms with Gasteiger partial charge in [0.1, 0.15) is 5.69 Å². The maximum Gasteiger partial charge on any atom is 0.338 e. The molecule has 0 aliphatic rings. The summed E-state index contributed by atoms with van der Waals surface area (Å²) < 4.78 is 9.70. The lowest BCUT2D eigenvalue weighted by atomic mass is 10.0. The van der Waals surface area contributed by atoms with Gasteiger partial charge < -0.3 is 14.8 Å². The molecule has 0 saturated carbocycles. The molecule has 7 heteroatoms. The number of anilines is 1. The number of esters is 1. The Morgan fingerprint density at radius 3 is 2.38 bits per heavy atom. The Hall–Kier alpha value is -2.15. The number of benzene rings is 1. The van der Waals surface area contributed by atoms with Crippen LogP contribution in [-0.2, 0) is 16.1 Å². The summed E-state index contributed by atoms with van der Waals surface area (Å²) >= 11 is 0. The van der Waals surface area contributed by atoms with Gasteiger partial charge in [-0.15, -0.1) is 0 Å². The van der Waals surface area contributed by atoms with Crippen molar-refractivity contribution in [3.8, 4) is 0 Å². The van der Waals surface area contributed by atoms with Crippen molar-refractivity contribution in [1.82, 2.24) is 0 Å². The minimum Gasteiger partial charge on any atom is -0.465 e. The third kappa shape index (κ3) is 4.42. The van der Waals surface area contributed by atoms with Gasteiger partial charge in [0.2, 0.25) is 0 Å². The van der Waals surface area contributed by atoms with Crippen LogP contribution in [0, 0.1) is 10.1 Å². The van der Waals surface area contributed by atoms with E-state index >= 15 is 0 Å². The Morgan fingerprint density at radius 1 is 1.33 bits per heavy atom. The predicted molar refractivity (Wildman–Crippen MR) is 78.5 cm³/mol. The fourth-order valence-corrected chi connectivity index (χ4v) is 1.86. The second-order valence-corrected chi connectivity index (χ2v) is 5.58. The summed E-state index contributed by atoms with van der Waals surface area (Å²) in [6.45, 7) is 5.82. The Kier molecular flexibility index (Phi) is 5.26. The number of carbonyl (C=O) groups is 1. The van der Waals surface area contributed by atoms with Crippen LogP contribution in [0.4, 0.5) is 11.4 Å². The lowest BCUT2D eigenvalue weighted by molar-refractivity contribution is -0.384. The number of hydrogen-bond donors (Lipinski definition) is 1. The average molecular weight is 296 g/mol. The van der Waals surface area contributed by atoms with Crippen LogP contribution in [0.2, 0.25) is 0 Å². The Balaban J connectivity index is 3.46. The minimum absolute atomic E-state index is 0.130. The minimum atomic E-state index is -0.632. The van der Waals surface area contributed by atoms with E-state index in [1.54, 1.807) is 6.07 Å². The van der Waals surface area contributed by atoms with Gasteiger partial charge in [-0.1, -0.05) is 0 Å². The maximum absolute atomic E-state index is 11.8. The Morgan fingerprint density at radius 2 is 1.95 bits per heavy atom. The zero-order valence-corrected chi connectivity index (χ0v) is 12.9. The summed E-state index contributed by atoms with van der Waals surface area (Å²) in [4.78, 5) is 22.5. The smallest absolute Gasteiger partial charge is 0.338 e. The molecule has 21 heavy (non-hydrogen) atoms. The van der Waals surface area contributed by atoms with Gasteiger partial charge in [-0.2, -0.15) is 0 Å². The molecule has 0 unspecified atom stereocenters. The molecule has 0 spiro atoms. The van der Waals surface area contributed by atoms with Gasteiger partial charge in [0.15, 0.2) is 0 Å². The number of nitrogens with zero attached hydrogens (tertiary/aromatic N) is 1. The number of nitrogens with one attached hydrogen (secondary N) is 1. The van der Waals surface area contributed by atoms with Gasteiger partial charge in [-0.25, -0.2) is 4.79 Å². The molecule has 7 nitrogen and oxygen atoms in total. The van der Waals surface area contributed by atoms with Crippen molar-refractivity contribution in [3.63, 3.8) is 0 Å². The molecule has 1 aromatic rings. The van der Waals surface area contributed by atoms with Gasteiger partial charge >= 0.3 is 5.97 Å². The molecular weight excluding hydrogens is 276 g/mol. The topological polar surface area (TPSA) is 90.7 Å². The quantitative estimate of drug-likeness (QED) is 0.510. The van der Waals surface area contributed by atoms with Gasteiger partial charge in [-0.05, 0) is 32.4 Å². The molecule has 0 bridgehead atoms. The van der Waals surface area contributed by atoms with Crippen molar-refractivity contribution in [2.45, 2.75) is 32.9 Å². The van der Waals surface area contributed by atoms with E-state index in [0.717, 1.165) is 0 Å². The van der Waals surface area contributed by atoms with Crippen molar-refractivity contribution >= 4 is 17.3 Å². The highest BCUT2D eigenvalue weighted by Crippen LogP contribution is 2.31. The first-order valence-corrected chi connectivity index (χ1v) is 6.36. The Labute approximate surface area is 123 Å². The highest BCUT2D eigenvalue weighted by Gasteiger charge is 2.24. The van der Waals surface area contributed by atoms with Crippen molar-refractivity contribution in [1.29, 1.82) is 0 Å². The van der Waals surface area contributed by atoms with Crippen LogP contribution in [0.1, 0.15) is 36.7 Å². The summed E-state index contributed by atoms with van der Waals surface area (Å²) in [7, 11) is 2.71. The van der Waals surface area contributed by atoms with Crippen LogP contribution < -0.4 is 5.32 Å². The molecule has 0 aliphatic carbocycles. The summed E-state index contributed by atoms with van der Waals surface area (Å²) in [5.41, 5.74) is 0.464. The molecule has 1 N–H and O–H groups in total. The summed E-state index contributed by atoms with van der Waals surface area (Å²) in [5, 5.41) is 14.3. The molecular formula is C14H20N2O5. The van der Waals surface area contributed by atoms with Crippen LogP contribution in [-0.4, -0.2) is 30.7 Å². The standard InChI is InChI=1S/C14H20N2O5/c1-14(2,3)15-11-6-9(8-20-4)10(13(17)21-5)7-12(11)16(18)19/h6-7,15H,8H2,1-5H3. The van der Waals surface area contributed by atoms with E-state index in [4.69, 9.17) is 4.74 Å². The van der Waals surface area contributed by atoms with E-state index in [9.17, 15) is 14.9 Å². The first-order valence-electron chi connectivity index (χ1n) is 6.36. The van der Waals surface area contributed by atoms with Crippen LogP contribution in [0.15, 0.2) is 12.1 Å². The maximum atomic E-state index is 11.8. The lowest BCUT2D eigenvalue weighted by Gasteiger charge is -2.23. The summed E-state index contributed by atoms with van der Waals surface area (Å²) in [6.07, 6.45) is 0. The monoisotopic (exact) mass is 296 g/mol. The lowest BCUT2D eigenvalue weighted by Crippen LogP contribution is -2.27. The van der Waals surface area contributed by atoms with E-state index < -0.39 is 10.9 Å². The van der Waals surface area contributed by atoms with Crippen molar-refractivity contribution in [3.05, 3.63) is 33.4 Å². The summed E-state index contributed by atoms with van der Waals surface area (Å²) in [5.74, 6) is -0.632. The van der Waals surface area contributed by atoms with Crippen molar-refractivity contribution in [2.75, 3.05) is 19.5 Å². The number of rotatable bonds is 5. The second-order valence-electron chi connectivity index (χ2n) is 5.58. The normalized spacial score (nSPS) is 11.1. The molecule has 1 rings (SSSR count). The van der Waals surface area contributed by atoms with E-state index in [0.29, 0.717) is 11.3 Å². The first kappa shape index (κ1) is 16.9. The molecule has 0 aliphatic heterocycles. The van der Waals surface area contributed by atoms with Gasteiger partial charge in [-0.3, -0.25) is 10.1 Å². The van der Waals surface area contributed by atoms with E-state index in [2.05, 4.69) is 10.1 Å². The zero-order chi connectivity index (χ0) is 16.2. The molecule has 0 amide bonds.